The molecule has 0 atom stereocenters. The molecule has 1 heteroatoms. The van der Waals surface area contributed by atoms with E-state index >= 15 is 0 Å². The molecule has 0 aromatic carbocycles. The largest absolute Gasteiger partial charge is 0.299 e. The van der Waals surface area contributed by atoms with Gasteiger partial charge in [0.2, 0.25) is 0 Å². The Hall–Kier alpha value is -0.820. The molecule has 0 N–H and O–H groups in total. The van der Waals surface area contributed by atoms with Crippen LogP contribution in [0.25, 0.3) is 0 Å². The van der Waals surface area contributed by atoms with E-state index in [1.807, 2.05) is 0 Å². The van der Waals surface area contributed by atoms with Gasteiger partial charge in [-0.15, -0.1) is 0 Å². The second kappa shape index (κ2) is 1.51. The second-order valence-electron chi connectivity index (χ2n) is 3.85. The molecule has 3 heterocycles. The predicted molar refractivity (Wildman–Crippen MR) is 45.0 cm³/mol. The van der Waals surface area contributed by atoms with Gasteiger partial charge in [-0.2, -0.15) is 0 Å². The van der Waals surface area contributed by atoms with Crippen molar-refractivity contribution in [3.05, 3.63) is 36.5 Å². The zero-order chi connectivity index (χ0) is 7.47. The molecule has 1 nitrogen and oxygen atoms in total. The number of likely N-dealkylation sites (N-methyl/N-ethyl adjacent to an activating group) is 1. The van der Waals surface area contributed by atoms with Crippen LogP contribution in [-0.2, 0) is 0 Å². The Labute approximate surface area is 66.9 Å². The Morgan fingerprint density at radius 3 is 1.27 bits per heavy atom. The summed E-state index contributed by atoms with van der Waals surface area (Å²) in [5.41, 5.74) is 0. The summed E-state index contributed by atoms with van der Waals surface area (Å²) < 4.78 is 1.17. The van der Waals surface area contributed by atoms with Crippen LogP contribution < -0.4 is 0 Å². The van der Waals surface area contributed by atoms with Crippen molar-refractivity contribution >= 4 is 0 Å². The van der Waals surface area contributed by atoms with Crippen molar-refractivity contribution < 1.29 is 4.48 Å². The zero-order valence-electron chi connectivity index (χ0n) is 6.64. The normalized spacial score (nSPS) is 55.9. The fourth-order valence-corrected chi connectivity index (χ4v) is 2.58. The van der Waals surface area contributed by atoms with Crippen LogP contribution in [0, 0.1) is 0 Å². The molecule has 0 saturated heterocycles. The van der Waals surface area contributed by atoms with Gasteiger partial charge >= 0.3 is 0 Å². The summed E-state index contributed by atoms with van der Waals surface area (Å²) in [5, 5.41) is 0. The molecule has 3 rings (SSSR count). The topological polar surface area (TPSA) is 0 Å². The Bertz CT molecular complexity index is 222. The molecule has 0 bridgehead atoms. The first-order valence-electron chi connectivity index (χ1n) is 4.22. The van der Waals surface area contributed by atoms with Crippen LogP contribution in [0.15, 0.2) is 36.5 Å². The first kappa shape index (κ1) is 5.78. The molecule has 0 unspecified atom stereocenters. The SMILES string of the molecule is C[N+]12C3C=CC1C=CC2C=C3. The quantitative estimate of drug-likeness (QED) is 0.356. The smallest absolute Gasteiger partial charge is 0.128 e. The number of rotatable bonds is 0. The van der Waals surface area contributed by atoms with Gasteiger partial charge in [0.1, 0.15) is 18.1 Å². The van der Waals surface area contributed by atoms with Gasteiger partial charge in [0.25, 0.3) is 0 Å². The van der Waals surface area contributed by atoms with Crippen molar-refractivity contribution in [1.29, 1.82) is 0 Å². The summed E-state index contributed by atoms with van der Waals surface area (Å²) in [6, 6.07) is 1.96. The molecule has 0 aromatic rings. The third-order valence-corrected chi connectivity index (χ3v) is 3.44. The minimum atomic E-state index is 0.653. The van der Waals surface area contributed by atoms with E-state index in [0.29, 0.717) is 18.1 Å². The van der Waals surface area contributed by atoms with E-state index in [1.165, 1.54) is 4.48 Å². The van der Waals surface area contributed by atoms with Crippen molar-refractivity contribution in [2.75, 3.05) is 7.05 Å². The molecule has 0 spiro atoms. The highest BCUT2D eigenvalue weighted by atomic mass is 15.4. The maximum Gasteiger partial charge on any atom is 0.128 e. The molecule has 56 valence electrons. The molecule has 0 fully saturated rings. The van der Waals surface area contributed by atoms with Crippen LogP contribution in [0.2, 0.25) is 0 Å². The maximum atomic E-state index is 2.35. The van der Waals surface area contributed by atoms with Crippen LogP contribution in [0.4, 0.5) is 0 Å². The summed E-state index contributed by atoms with van der Waals surface area (Å²) in [5.74, 6) is 0. The Kier molecular flexibility index (Phi) is 0.793. The van der Waals surface area contributed by atoms with Crippen molar-refractivity contribution in [3.8, 4) is 0 Å². The van der Waals surface area contributed by atoms with Crippen LogP contribution >= 0.6 is 0 Å². The molecule has 0 saturated carbocycles. The highest BCUT2D eigenvalue weighted by Gasteiger charge is 2.50. The number of hydrogen-bond acceptors (Lipinski definition) is 0. The molecule has 0 radical (unpaired) electrons. The molecule has 3 aliphatic heterocycles. The molecule has 0 aliphatic carbocycles. The van der Waals surface area contributed by atoms with E-state index in [1.54, 1.807) is 0 Å². The summed E-state index contributed by atoms with van der Waals surface area (Å²) in [6.07, 6.45) is 14.0. The van der Waals surface area contributed by atoms with E-state index in [2.05, 4.69) is 43.5 Å². The van der Waals surface area contributed by atoms with Crippen LogP contribution in [-0.4, -0.2) is 29.7 Å². The summed E-state index contributed by atoms with van der Waals surface area (Å²) in [6.45, 7) is 0. The minimum absolute atomic E-state index is 0.653. The number of hydrogen-bond donors (Lipinski definition) is 0. The lowest BCUT2D eigenvalue weighted by Gasteiger charge is -2.35. The average Bonchev–Trinajstić information content (AvgIpc) is 2.53. The van der Waals surface area contributed by atoms with Gasteiger partial charge in [-0.1, -0.05) is 0 Å². The maximum absolute atomic E-state index is 2.35. The van der Waals surface area contributed by atoms with Crippen molar-refractivity contribution in [2.45, 2.75) is 18.1 Å². The lowest BCUT2D eigenvalue weighted by Crippen LogP contribution is -2.52. The van der Waals surface area contributed by atoms with E-state index in [-0.39, 0.29) is 0 Å². The molecule has 11 heavy (non-hydrogen) atoms. The monoisotopic (exact) mass is 146 g/mol. The molecule has 3 aliphatic rings. The van der Waals surface area contributed by atoms with Gasteiger partial charge in [-0.05, 0) is 36.5 Å². The Balaban J connectivity index is 2.20. The van der Waals surface area contributed by atoms with Crippen molar-refractivity contribution in [3.63, 3.8) is 0 Å². The first-order chi connectivity index (χ1) is 5.32. The molecule has 0 aromatic heterocycles. The predicted octanol–water partition coefficient (Wildman–Crippen LogP) is 1.25. The van der Waals surface area contributed by atoms with Gasteiger partial charge in [0, 0.05) is 0 Å². The zero-order valence-corrected chi connectivity index (χ0v) is 6.64. The Morgan fingerprint density at radius 2 is 1.00 bits per heavy atom. The second-order valence-corrected chi connectivity index (χ2v) is 3.85. The molecule has 0 amide bonds. The minimum Gasteiger partial charge on any atom is -0.299 e. The standard InChI is InChI=1S/C10H12N/c1-11-8-2-3-9(11)6-7-10(11)5-4-8/h2-10H,1H3/q+1. The summed E-state index contributed by atoms with van der Waals surface area (Å²) >= 11 is 0. The molecular formula is C10H12N+. The highest BCUT2D eigenvalue weighted by molar-refractivity contribution is 5.28. The van der Waals surface area contributed by atoms with Gasteiger partial charge in [-0.3, -0.25) is 4.48 Å². The fourth-order valence-electron chi connectivity index (χ4n) is 2.58. The van der Waals surface area contributed by atoms with E-state index in [9.17, 15) is 0 Å². The summed E-state index contributed by atoms with van der Waals surface area (Å²) in [7, 11) is 2.35. The van der Waals surface area contributed by atoms with Crippen LogP contribution in [0.3, 0.4) is 0 Å². The molecular weight excluding hydrogens is 134 g/mol. The van der Waals surface area contributed by atoms with Gasteiger partial charge in [0.15, 0.2) is 0 Å². The Morgan fingerprint density at radius 1 is 0.727 bits per heavy atom. The van der Waals surface area contributed by atoms with E-state index in [0.717, 1.165) is 0 Å². The van der Waals surface area contributed by atoms with Gasteiger partial charge < -0.3 is 0 Å². The lowest BCUT2D eigenvalue weighted by atomic mass is 10.3. The lowest BCUT2D eigenvalue weighted by molar-refractivity contribution is -0.928. The summed E-state index contributed by atoms with van der Waals surface area (Å²) in [4.78, 5) is 0. The fraction of sp³-hybridized carbons (Fsp3) is 0.400. The van der Waals surface area contributed by atoms with E-state index < -0.39 is 0 Å². The third kappa shape index (κ3) is 0.457. The third-order valence-electron chi connectivity index (χ3n) is 3.44. The van der Waals surface area contributed by atoms with Crippen molar-refractivity contribution in [1.82, 2.24) is 0 Å². The van der Waals surface area contributed by atoms with Gasteiger partial charge in [-0.25, -0.2) is 0 Å². The van der Waals surface area contributed by atoms with Crippen molar-refractivity contribution in [2.24, 2.45) is 0 Å². The van der Waals surface area contributed by atoms with E-state index in [4.69, 9.17) is 0 Å². The van der Waals surface area contributed by atoms with Crippen LogP contribution in [0.1, 0.15) is 0 Å². The number of nitrogens with zero attached hydrogens (tertiary/aromatic N) is 1. The first-order valence-corrected chi connectivity index (χ1v) is 4.22. The van der Waals surface area contributed by atoms with Crippen LogP contribution in [0.5, 0.6) is 0 Å². The number of quaternary nitrogens is 1. The highest BCUT2D eigenvalue weighted by Crippen LogP contribution is 2.39. The average molecular weight is 146 g/mol. The van der Waals surface area contributed by atoms with Gasteiger partial charge in [0.05, 0.1) is 7.05 Å².